The van der Waals surface area contributed by atoms with Crippen molar-refractivity contribution in [2.24, 2.45) is 0 Å². The molecule has 4 heteroatoms. The van der Waals surface area contributed by atoms with Crippen molar-refractivity contribution in [2.75, 3.05) is 25.1 Å². The second-order valence-corrected chi connectivity index (χ2v) is 4.63. The Balaban J connectivity index is 2.19. The van der Waals surface area contributed by atoms with E-state index in [-0.39, 0.29) is 12.0 Å². The summed E-state index contributed by atoms with van der Waals surface area (Å²) in [6, 6.07) is 8.50. The number of ether oxygens (including phenoxy) is 1. The van der Waals surface area contributed by atoms with Gasteiger partial charge in [-0.25, -0.2) is 0 Å². The number of nitrogens with zero attached hydrogens (tertiary/aromatic N) is 1. The van der Waals surface area contributed by atoms with Crippen molar-refractivity contribution >= 4 is 11.7 Å². The summed E-state index contributed by atoms with van der Waals surface area (Å²) in [6.07, 6.45) is 0.421. The lowest BCUT2D eigenvalue weighted by atomic mass is 10.1. The SMILES string of the molecule is COC(=O)CC(C)N1CCNCc2ccccc21. The van der Waals surface area contributed by atoms with Gasteiger partial charge in [-0.2, -0.15) is 0 Å². The number of rotatable bonds is 3. The Kier molecular flexibility index (Phi) is 4.20. The minimum absolute atomic E-state index is 0.151. The summed E-state index contributed by atoms with van der Waals surface area (Å²) < 4.78 is 4.75. The molecular weight excluding hydrogens is 228 g/mol. The van der Waals surface area contributed by atoms with Crippen LogP contribution in [0.3, 0.4) is 0 Å². The van der Waals surface area contributed by atoms with Gasteiger partial charge in [0.25, 0.3) is 0 Å². The minimum Gasteiger partial charge on any atom is -0.469 e. The van der Waals surface area contributed by atoms with E-state index in [0.29, 0.717) is 6.42 Å². The Bertz CT molecular complexity index is 420. The lowest BCUT2D eigenvalue weighted by Gasteiger charge is -2.30. The topological polar surface area (TPSA) is 41.6 Å². The largest absolute Gasteiger partial charge is 0.469 e. The lowest BCUT2D eigenvalue weighted by Crippen LogP contribution is -2.38. The molecule has 0 radical (unpaired) electrons. The molecule has 0 aromatic heterocycles. The second-order valence-electron chi connectivity index (χ2n) is 4.63. The molecule has 1 unspecified atom stereocenters. The fourth-order valence-electron chi connectivity index (χ4n) is 2.38. The van der Waals surface area contributed by atoms with Gasteiger partial charge in [0.2, 0.25) is 0 Å². The van der Waals surface area contributed by atoms with Gasteiger partial charge in [-0.1, -0.05) is 18.2 Å². The third-order valence-electron chi connectivity index (χ3n) is 3.37. The maximum absolute atomic E-state index is 11.4. The van der Waals surface area contributed by atoms with Crippen LogP contribution in [0.1, 0.15) is 18.9 Å². The summed E-state index contributed by atoms with van der Waals surface area (Å²) in [6.45, 7) is 4.80. The van der Waals surface area contributed by atoms with Crippen LogP contribution in [0, 0.1) is 0 Å². The van der Waals surface area contributed by atoms with Crippen molar-refractivity contribution in [2.45, 2.75) is 25.9 Å². The van der Waals surface area contributed by atoms with Crippen molar-refractivity contribution in [1.29, 1.82) is 0 Å². The zero-order valence-corrected chi connectivity index (χ0v) is 11.0. The van der Waals surface area contributed by atoms with E-state index >= 15 is 0 Å². The first-order valence-electron chi connectivity index (χ1n) is 6.34. The molecule has 0 spiro atoms. The zero-order chi connectivity index (χ0) is 13.0. The molecule has 1 aromatic carbocycles. The van der Waals surface area contributed by atoms with Gasteiger partial charge in [-0.3, -0.25) is 4.79 Å². The summed E-state index contributed by atoms with van der Waals surface area (Å²) >= 11 is 0. The standard InChI is InChI=1S/C14H20N2O2/c1-11(9-14(17)18-2)16-8-7-15-10-12-5-3-4-6-13(12)16/h3-6,11,15H,7-10H2,1-2H3. The van der Waals surface area contributed by atoms with Crippen LogP contribution in [0.4, 0.5) is 5.69 Å². The summed E-state index contributed by atoms with van der Waals surface area (Å²) in [4.78, 5) is 13.7. The lowest BCUT2D eigenvalue weighted by molar-refractivity contribution is -0.140. The molecule has 1 heterocycles. The summed E-state index contributed by atoms with van der Waals surface area (Å²) in [5.41, 5.74) is 2.51. The number of carbonyl (C=O) groups is 1. The van der Waals surface area contributed by atoms with Crippen LogP contribution in [0.25, 0.3) is 0 Å². The highest BCUT2D eigenvalue weighted by molar-refractivity contribution is 5.71. The number of fused-ring (bicyclic) bond motifs is 1. The molecule has 0 saturated carbocycles. The predicted molar refractivity (Wildman–Crippen MR) is 71.6 cm³/mol. The van der Waals surface area contributed by atoms with Gasteiger partial charge in [0.1, 0.15) is 0 Å². The predicted octanol–water partition coefficient (Wildman–Crippen LogP) is 1.55. The number of hydrogen-bond acceptors (Lipinski definition) is 4. The normalized spacial score (nSPS) is 16.7. The summed E-state index contributed by atoms with van der Waals surface area (Å²) in [5.74, 6) is -0.155. The number of hydrogen-bond donors (Lipinski definition) is 1. The zero-order valence-electron chi connectivity index (χ0n) is 11.0. The quantitative estimate of drug-likeness (QED) is 0.824. The number of benzene rings is 1. The molecule has 98 valence electrons. The molecule has 0 amide bonds. The summed E-state index contributed by atoms with van der Waals surface area (Å²) in [7, 11) is 1.44. The molecule has 0 fully saturated rings. The number of anilines is 1. The number of para-hydroxylation sites is 1. The Morgan fingerprint density at radius 3 is 3.06 bits per heavy atom. The smallest absolute Gasteiger partial charge is 0.307 e. The van der Waals surface area contributed by atoms with Crippen molar-refractivity contribution in [3.05, 3.63) is 29.8 Å². The first-order chi connectivity index (χ1) is 8.72. The van der Waals surface area contributed by atoms with Crippen molar-refractivity contribution in [1.82, 2.24) is 5.32 Å². The highest BCUT2D eigenvalue weighted by Crippen LogP contribution is 2.25. The average Bonchev–Trinajstić information content (AvgIpc) is 2.60. The Hall–Kier alpha value is -1.55. The first-order valence-corrected chi connectivity index (χ1v) is 6.34. The molecule has 2 rings (SSSR count). The Morgan fingerprint density at radius 1 is 1.50 bits per heavy atom. The van der Waals surface area contributed by atoms with Gasteiger partial charge >= 0.3 is 5.97 Å². The highest BCUT2D eigenvalue weighted by Gasteiger charge is 2.21. The molecule has 0 aliphatic carbocycles. The highest BCUT2D eigenvalue weighted by atomic mass is 16.5. The van der Waals surface area contributed by atoms with Crippen LogP contribution in [0.2, 0.25) is 0 Å². The molecule has 1 atom stereocenters. The van der Waals surface area contributed by atoms with E-state index in [1.807, 2.05) is 6.07 Å². The number of nitrogens with one attached hydrogen (secondary N) is 1. The van der Waals surface area contributed by atoms with E-state index in [1.165, 1.54) is 18.4 Å². The van der Waals surface area contributed by atoms with Gasteiger partial charge in [0.05, 0.1) is 13.5 Å². The van der Waals surface area contributed by atoms with Crippen LogP contribution in [0.5, 0.6) is 0 Å². The van der Waals surface area contributed by atoms with Crippen LogP contribution in [-0.4, -0.2) is 32.2 Å². The van der Waals surface area contributed by atoms with Crippen LogP contribution in [-0.2, 0) is 16.1 Å². The van der Waals surface area contributed by atoms with Crippen LogP contribution >= 0.6 is 0 Å². The van der Waals surface area contributed by atoms with Gasteiger partial charge < -0.3 is 15.0 Å². The molecule has 1 aliphatic rings. The number of methoxy groups -OCH3 is 1. The maximum Gasteiger partial charge on any atom is 0.307 e. The van der Waals surface area contributed by atoms with Crippen molar-refractivity contribution in [3.63, 3.8) is 0 Å². The van der Waals surface area contributed by atoms with Crippen LogP contribution < -0.4 is 10.2 Å². The van der Waals surface area contributed by atoms with E-state index < -0.39 is 0 Å². The minimum atomic E-state index is -0.155. The maximum atomic E-state index is 11.4. The molecule has 1 N–H and O–H groups in total. The molecule has 1 aliphatic heterocycles. The number of carbonyl (C=O) groups excluding carboxylic acids is 1. The molecule has 1 aromatic rings. The first kappa shape index (κ1) is 12.9. The summed E-state index contributed by atoms with van der Waals surface area (Å²) in [5, 5.41) is 3.40. The Labute approximate surface area is 108 Å². The third-order valence-corrected chi connectivity index (χ3v) is 3.37. The monoisotopic (exact) mass is 248 g/mol. The number of esters is 1. The molecule has 4 nitrogen and oxygen atoms in total. The second kappa shape index (κ2) is 5.87. The van der Waals surface area contributed by atoms with E-state index in [0.717, 1.165) is 19.6 Å². The molecular formula is C14H20N2O2. The van der Waals surface area contributed by atoms with Crippen molar-refractivity contribution in [3.8, 4) is 0 Å². The molecule has 0 bridgehead atoms. The fourth-order valence-corrected chi connectivity index (χ4v) is 2.38. The Morgan fingerprint density at radius 2 is 2.28 bits per heavy atom. The fraction of sp³-hybridized carbons (Fsp3) is 0.500. The van der Waals surface area contributed by atoms with Crippen molar-refractivity contribution < 1.29 is 9.53 Å². The average molecular weight is 248 g/mol. The van der Waals surface area contributed by atoms with Gasteiger partial charge in [-0.05, 0) is 18.6 Å². The van der Waals surface area contributed by atoms with Gasteiger partial charge in [0.15, 0.2) is 0 Å². The van der Waals surface area contributed by atoms with E-state index in [9.17, 15) is 4.79 Å². The van der Waals surface area contributed by atoms with E-state index in [1.54, 1.807) is 0 Å². The van der Waals surface area contributed by atoms with Gasteiger partial charge in [-0.15, -0.1) is 0 Å². The van der Waals surface area contributed by atoms with E-state index in [2.05, 4.69) is 35.3 Å². The van der Waals surface area contributed by atoms with Gasteiger partial charge in [0, 0.05) is 31.4 Å². The third kappa shape index (κ3) is 2.82. The van der Waals surface area contributed by atoms with Crippen LogP contribution in [0.15, 0.2) is 24.3 Å². The van der Waals surface area contributed by atoms with E-state index in [4.69, 9.17) is 4.74 Å². The molecule has 0 saturated heterocycles. The molecule has 18 heavy (non-hydrogen) atoms.